The molecule has 1 amide bonds. The van der Waals surface area contributed by atoms with E-state index < -0.39 is 0 Å². The molecule has 1 unspecified atom stereocenters. The third kappa shape index (κ3) is 9.73. The zero-order valence-corrected chi connectivity index (χ0v) is 10.6. The lowest BCUT2D eigenvalue weighted by Gasteiger charge is -2.11. The highest BCUT2D eigenvalue weighted by molar-refractivity contribution is 5.75. The highest BCUT2D eigenvalue weighted by Crippen LogP contribution is 1.96. The van der Waals surface area contributed by atoms with Crippen molar-refractivity contribution in [1.82, 2.24) is 10.6 Å². The summed E-state index contributed by atoms with van der Waals surface area (Å²) in [7, 11) is 0. The summed E-state index contributed by atoms with van der Waals surface area (Å²) < 4.78 is 0. The van der Waals surface area contributed by atoms with Crippen LogP contribution in [0.2, 0.25) is 0 Å². The molecule has 90 valence electrons. The Morgan fingerprint density at radius 2 is 1.87 bits per heavy atom. The first-order valence-corrected chi connectivity index (χ1v) is 6.06. The summed E-state index contributed by atoms with van der Waals surface area (Å²) in [5.74, 6) is 0.815. The summed E-state index contributed by atoms with van der Waals surface area (Å²) in [4.78, 5) is 11.3. The fraction of sp³-hybridized carbons (Fsp3) is 0.917. The minimum Gasteiger partial charge on any atom is -0.356 e. The van der Waals surface area contributed by atoms with Crippen LogP contribution in [-0.4, -0.2) is 25.0 Å². The van der Waals surface area contributed by atoms with Crippen molar-refractivity contribution in [2.24, 2.45) is 5.92 Å². The predicted molar refractivity (Wildman–Crippen MR) is 64.8 cm³/mol. The van der Waals surface area contributed by atoms with Crippen LogP contribution in [-0.2, 0) is 4.79 Å². The lowest BCUT2D eigenvalue weighted by molar-refractivity contribution is -0.121. The second kappa shape index (κ2) is 8.72. The van der Waals surface area contributed by atoms with Crippen LogP contribution in [0.5, 0.6) is 0 Å². The molecule has 0 aromatic carbocycles. The van der Waals surface area contributed by atoms with Crippen LogP contribution >= 0.6 is 0 Å². The lowest BCUT2D eigenvalue weighted by atomic mass is 10.1. The molecule has 0 rings (SSSR count). The van der Waals surface area contributed by atoms with Gasteiger partial charge in [0.1, 0.15) is 0 Å². The third-order valence-corrected chi connectivity index (χ3v) is 2.50. The van der Waals surface area contributed by atoms with E-state index >= 15 is 0 Å². The molecule has 3 heteroatoms. The van der Waals surface area contributed by atoms with E-state index in [1.165, 1.54) is 0 Å². The number of rotatable bonds is 8. The molecular weight excluding hydrogens is 188 g/mol. The van der Waals surface area contributed by atoms with Crippen molar-refractivity contribution in [2.45, 2.75) is 53.0 Å². The molecule has 3 nitrogen and oxygen atoms in total. The standard InChI is InChI=1S/C12H26N2O/c1-5-11(4)13-9-7-12(15)14-8-6-10(2)3/h10-11,13H,5-9H2,1-4H3,(H,14,15). The Labute approximate surface area is 94.0 Å². The van der Waals surface area contributed by atoms with Crippen LogP contribution in [0, 0.1) is 5.92 Å². The number of carbonyl (C=O) groups is 1. The molecule has 0 bridgehead atoms. The van der Waals surface area contributed by atoms with Crippen molar-refractivity contribution < 1.29 is 4.79 Å². The van der Waals surface area contributed by atoms with E-state index in [2.05, 4.69) is 38.3 Å². The van der Waals surface area contributed by atoms with Crippen LogP contribution in [0.25, 0.3) is 0 Å². The minimum atomic E-state index is 0.159. The second-order valence-electron chi connectivity index (χ2n) is 4.55. The fourth-order valence-corrected chi connectivity index (χ4v) is 1.17. The van der Waals surface area contributed by atoms with Crippen molar-refractivity contribution in [2.75, 3.05) is 13.1 Å². The summed E-state index contributed by atoms with van der Waals surface area (Å²) in [6.07, 6.45) is 2.75. The molecule has 0 saturated heterocycles. The smallest absolute Gasteiger partial charge is 0.221 e. The van der Waals surface area contributed by atoms with Crippen LogP contribution < -0.4 is 10.6 Å². The zero-order valence-electron chi connectivity index (χ0n) is 10.6. The zero-order chi connectivity index (χ0) is 11.7. The first kappa shape index (κ1) is 14.4. The Balaban J connectivity index is 3.33. The third-order valence-electron chi connectivity index (χ3n) is 2.50. The molecule has 0 aliphatic carbocycles. The SMILES string of the molecule is CCC(C)NCCC(=O)NCCC(C)C. The molecule has 1 atom stereocenters. The van der Waals surface area contributed by atoms with Crippen molar-refractivity contribution in [1.29, 1.82) is 0 Å². The monoisotopic (exact) mass is 214 g/mol. The molecule has 0 aromatic heterocycles. The number of hydrogen-bond donors (Lipinski definition) is 2. The van der Waals surface area contributed by atoms with Gasteiger partial charge in [-0.1, -0.05) is 20.8 Å². The van der Waals surface area contributed by atoms with Crippen LogP contribution in [0.4, 0.5) is 0 Å². The molecular formula is C12H26N2O. The van der Waals surface area contributed by atoms with E-state index in [4.69, 9.17) is 0 Å². The molecule has 0 fully saturated rings. The van der Waals surface area contributed by atoms with Gasteiger partial charge in [0, 0.05) is 25.6 Å². The largest absolute Gasteiger partial charge is 0.356 e. The number of carbonyl (C=O) groups excluding carboxylic acids is 1. The topological polar surface area (TPSA) is 41.1 Å². The van der Waals surface area contributed by atoms with Gasteiger partial charge < -0.3 is 10.6 Å². The van der Waals surface area contributed by atoms with Gasteiger partial charge in [0.2, 0.25) is 5.91 Å². The maximum Gasteiger partial charge on any atom is 0.221 e. The van der Waals surface area contributed by atoms with E-state index in [1.54, 1.807) is 0 Å². The van der Waals surface area contributed by atoms with Gasteiger partial charge in [0.25, 0.3) is 0 Å². The van der Waals surface area contributed by atoms with Gasteiger partial charge >= 0.3 is 0 Å². The molecule has 0 aliphatic rings. The Kier molecular flexibility index (Phi) is 8.38. The molecule has 0 aromatic rings. The summed E-state index contributed by atoms with van der Waals surface area (Å²) in [5, 5.41) is 6.23. The molecule has 15 heavy (non-hydrogen) atoms. The summed E-state index contributed by atoms with van der Waals surface area (Å²) >= 11 is 0. The van der Waals surface area contributed by atoms with Gasteiger partial charge in [-0.3, -0.25) is 4.79 Å². The van der Waals surface area contributed by atoms with Crippen molar-refractivity contribution in [3.63, 3.8) is 0 Å². The first-order chi connectivity index (χ1) is 7.06. The molecule has 0 spiro atoms. The van der Waals surface area contributed by atoms with Crippen LogP contribution in [0.1, 0.15) is 47.0 Å². The van der Waals surface area contributed by atoms with Gasteiger partial charge in [-0.2, -0.15) is 0 Å². The van der Waals surface area contributed by atoms with E-state index in [9.17, 15) is 4.79 Å². The van der Waals surface area contributed by atoms with Gasteiger partial charge in [-0.05, 0) is 25.7 Å². The normalized spacial score (nSPS) is 12.9. The van der Waals surface area contributed by atoms with Crippen molar-refractivity contribution in [3.05, 3.63) is 0 Å². The van der Waals surface area contributed by atoms with Crippen LogP contribution in [0.3, 0.4) is 0 Å². The molecule has 0 radical (unpaired) electrons. The lowest BCUT2D eigenvalue weighted by Crippen LogP contribution is -2.32. The maximum atomic E-state index is 11.3. The number of nitrogens with one attached hydrogen (secondary N) is 2. The summed E-state index contributed by atoms with van der Waals surface area (Å²) in [5.41, 5.74) is 0. The van der Waals surface area contributed by atoms with E-state index in [-0.39, 0.29) is 5.91 Å². The Hall–Kier alpha value is -0.570. The van der Waals surface area contributed by atoms with Gasteiger partial charge in [0.15, 0.2) is 0 Å². The molecule has 0 aliphatic heterocycles. The van der Waals surface area contributed by atoms with Gasteiger partial charge in [0.05, 0.1) is 0 Å². The Morgan fingerprint density at radius 1 is 1.20 bits per heavy atom. The number of amides is 1. The highest BCUT2D eigenvalue weighted by atomic mass is 16.1. The van der Waals surface area contributed by atoms with Crippen molar-refractivity contribution >= 4 is 5.91 Å². The average molecular weight is 214 g/mol. The highest BCUT2D eigenvalue weighted by Gasteiger charge is 2.02. The van der Waals surface area contributed by atoms with Crippen LogP contribution in [0.15, 0.2) is 0 Å². The average Bonchev–Trinajstić information content (AvgIpc) is 2.17. The fourth-order valence-electron chi connectivity index (χ4n) is 1.17. The second-order valence-corrected chi connectivity index (χ2v) is 4.55. The maximum absolute atomic E-state index is 11.3. The van der Waals surface area contributed by atoms with Gasteiger partial charge in [-0.25, -0.2) is 0 Å². The van der Waals surface area contributed by atoms with E-state index in [0.717, 1.165) is 25.9 Å². The Morgan fingerprint density at radius 3 is 2.40 bits per heavy atom. The molecule has 0 heterocycles. The predicted octanol–water partition coefficient (Wildman–Crippen LogP) is 1.93. The summed E-state index contributed by atoms with van der Waals surface area (Å²) in [6.45, 7) is 10.2. The first-order valence-electron chi connectivity index (χ1n) is 6.06. The molecule has 0 saturated carbocycles. The van der Waals surface area contributed by atoms with Gasteiger partial charge in [-0.15, -0.1) is 0 Å². The minimum absolute atomic E-state index is 0.159. The van der Waals surface area contributed by atoms with Crippen molar-refractivity contribution in [3.8, 4) is 0 Å². The Bertz CT molecular complexity index is 169. The quantitative estimate of drug-likeness (QED) is 0.648. The van der Waals surface area contributed by atoms with E-state index in [1.807, 2.05) is 0 Å². The summed E-state index contributed by atoms with van der Waals surface area (Å²) in [6, 6.07) is 0.508. The number of hydrogen-bond acceptors (Lipinski definition) is 2. The van der Waals surface area contributed by atoms with E-state index in [0.29, 0.717) is 18.4 Å². The molecule has 2 N–H and O–H groups in total.